The maximum Gasteiger partial charge on any atom is 0.239 e. The van der Waals surface area contributed by atoms with Crippen molar-refractivity contribution in [2.75, 3.05) is 0 Å². The summed E-state index contributed by atoms with van der Waals surface area (Å²) in [6, 6.07) is 19.7. The number of amides is 1. The Morgan fingerprint density at radius 3 is 2.35 bits per heavy atom. The smallest absolute Gasteiger partial charge is 0.239 e. The second kappa shape index (κ2) is 5.92. The van der Waals surface area contributed by atoms with E-state index in [9.17, 15) is 4.79 Å². The van der Waals surface area contributed by atoms with Gasteiger partial charge in [0.1, 0.15) is 0 Å². The fraction of sp³-hybridized carbons (Fsp3) is 0.125. The highest BCUT2D eigenvalue weighted by atomic mass is 32.2. The molecule has 0 saturated carbocycles. The van der Waals surface area contributed by atoms with E-state index in [0.717, 1.165) is 12.1 Å². The molecule has 1 aliphatic heterocycles. The second-order valence-corrected chi connectivity index (χ2v) is 5.73. The summed E-state index contributed by atoms with van der Waals surface area (Å²) in [6.07, 6.45) is 0.727. The number of rotatable bonds is 3. The van der Waals surface area contributed by atoms with Crippen molar-refractivity contribution in [3.8, 4) is 0 Å². The van der Waals surface area contributed by atoms with Gasteiger partial charge in [-0.1, -0.05) is 60.3 Å². The number of nitrogens with zero attached hydrogens (tertiary/aromatic N) is 1. The molecule has 1 fully saturated rings. The molecule has 2 aromatic carbocycles. The zero-order valence-corrected chi connectivity index (χ0v) is 11.6. The van der Waals surface area contributed by atoms with E-state index in [1.165, 1.54) is 17.3 Å². The Labute approximate surface area is 122 Å². The van der Waals surface area contributed by atoms with E-state index in [4.69, 9.17) is 0 Å². The first kappa shape index (κ1) is 12.9. The topological polar surface area (TPSA) is 41.5 Å². The Hall–Kier alpha value is -2.07. The minimum Gasteiger partial charge on any atom is -0.304 e. The molecule has 3 rings (SSSR count). The highest BCUT2D eigenvalue weighted by Crippen LogP contribution is 2.25. The predicted molar refractivity (Wildman–Crippen MR) is 83.2 cm³/mol. The van der Waals surface area contributed by atoms with Gasteiger partial charge in [0.05, 0.1) is 10.9 Å². The molecule has 4 heteroatoms. The van der Waals surface area contributed by atoms with Crippen molar-refractivity contribution in [2.24, 2.45) is 4.99 Å². The van der Waals surface area contributed by atoms with Gasteiger partial charge in [-0.15, -0.1) is 0 Å². The van der Waals surface area contributed by atoms with Crippen molar-refractivity contribution in [3.63, 3.8) is 0 Å². The van der Waals surface area contributed by atoms with Crippen molar-refractivity contribution < 1.29 is 4.79 Å². The van der Waals surface area contributed by atoms with Crippen molar-refractivity contribution in [3.05, 3.63) is 66.2 Å². The molecule has 1 amide bonds. The molecule has 0 unspecified atom stereocenters. The first-order valence-electron chi connectivity index (χ1n) is 6.46. The minimum absolute atomic E-state index is 0.0357. The summed E-state index contributed by atoms with van der Waals surface area (Å²) in [6.45, 7) is 0. The van der Waals surface area contributed by atoms with Crippen molar-refractivity contribution in [2.45, 2.75) is 11.7 Å². The van der Waals surface area contributed by atoms with Crippen LogP contribution in [0.4, 0.5) is 5.69 Å². The monoisotopic (exact) mass is 282 g/mol. The average Bonchev–Trinajstić information content (AvgIpc) is 2.81. The number of para-hydroxylation sites is 1. The molecular weight excluding hydrogens is 268 g/mol. The van der Waals surface area contributed by atoms with Crippen LogP contribution in [0, 0.1) is 0 Å². The normalized spacial score (nSPS) is 20.1. The summed E-state index contributed by atoms with van der Waals surface area (Å²) in [5.41, 5.74) is 2.02. The number of hydrogen-bond donors (Lipinski definition) is 1. The lowest BCUT2D eigenvalue weighted by molar-refractivity contribution is -0.118. The van der Waals surface area contributed by atoms with Crippen molar-refractivity contribution in [1.29, 1.82) is 0 Å². The van der Waals surface area contributed by atoms with Gasteiger partial charge in [0.15, 0.2) is 5.17 Å². The van der Waals surface area contributed by atoms with Crippen molar-refractivity contribution >= 4 is 28.5 Å². The van der Waals surface area contributed by atoms with Crippen LogP contribution >= 0.6 is 11.8 Å². The van der Waals surface area contributed by atoms with Crippen LogP contribution in [0.2, 0.25) is 0 Å². The predicted octanol–water partition coefficient (Wildman–Crippen LogP) is 3.15. The quantitative estimate of drug-likeness (QED) is 0.939. The molecule has 0 bridgehead atoms. The van der Waals surface area contributed by atoms with E-state index in [1.54, 1.807) is 0 Å². The molecule has 1 saturated heterocycles. The van der Waals surface area contributed by atoms with Crippen LogP contribution in [0.5, 0.6) is 0 Å². The van der Waals surface area contributed by atoms with Crippen LogP contribution in [0.1, 0.15) is 5.56 Å². The van der Waals surface area contributed by atoms with Gasteiger partial charge in [-0.2, -0.15) is 0 Å². The van der Waals surface area contributed by atoms with Gasteiger partial charge in [0.2, 0.25) is 5.91 Å². The fourth-order valence-electron chi connectivity index (χ4n) is 2.04. The van der Waals surface area contributed by atoms with E-state index in [-0.39, 0.29) is 11.2 Å². The molecule has 0 aromatic heterocycles. The van der Waals surface area contributed by atoms with E-state index in [1.807, 2.05) is 60.7 Å². The number of carbonyl (C=O) groups is 1. The zero-order valence-electron chi connectivity index (χ0n) is 10.8. The summed E-state index contributed by atoms with van der Waals surface area (Å²) < 4.78 is 0. The Kier molecular flexibility index (Phi) is 3.83. The summed E-state index contributed by atoms with van der Waals surface area (Å²) in [4.78, 5) is 16.4. The Morgan fingerprint density at radius 2 is 1.65 bits per heavy atom. The lowest BCUT2D eigenvalue weighted by atomic mass is 10.1. The van der Waals surface area contributed by atoms with E-state index >= 15 is 0 Å². The molecule has 0 aliphatic carbocycles. The molecule has 2 aromatic rings. The summed E-state index contributed by atoms with van der Waals surface area (Å²) in [7, 11) is 0. The molecule has 0 spiro atoms. The Morgan fingerprint density at radius 1 is 1.00 bits per heavy atom. The number of nitrogens with one attached hydrogen (secondary N) is 1. The lowest BCUT2D eigenvalue weighted by Gasteiger charge is -2.04. The second-order valence-electron chi connectivity index (χ2n) is 4.54. The largest absolute Gasteiger partial charge is 0.304 e. The number of benzene rings is 2. The third kappa shape index (κ3) is 3.08. The zero-order chi connectivity index (χ0) is 13.8. The number of aliphatic imine (C=N–C) groups is 1. The average molecular weight is 282 g/mol. The highest BCUT2D eigenvalue weighted by Gasteiger charge is 2.30. The van der Waals surface area contributed by atoms with Crippen LogP contribution in [0.15, 0.2) is 65.7 Å². The van der Waals surface area contributed by atoms with Crippen LogP contribution in [0.25, 0.3) is 0 Å². The molecule has 0 radical (unpaired) electrons. The van der Waals surface area contributed by atoms with Gasteiger partial charge in [-0.05, 0) is 24.1 Å². The first-order chi connectivity index (χ1) is 9.81. The highest BCUT2D eigenvalue weighted by molar-refractivity contribution is 8.15. The standard InChI is InChI=1S/C16H14N2OS/c19-15-14(11-12-7-3-1-4-8-12)20-16(18-15)17-13-9-5-2-6-10-13/h1-10,14H,11H2,(H,17,18,19)/t14-/m1/s1. The maximum atomic E-state index is 12.0. The van der Waals surface area contributed by atoms with Crippen LogP contribution in [-0.4, -0.2) is 16.3 Å². The Balaban J connectivity index is 1.71. The van der Waals surface area contributed by atoms with Crippen LogP contribution in [-0.2, 0) is 11.2 Å². The number of hydrogen-bond acceptors (Lipinski definition) is 3. The van der Waals surface area contributed by atoms with Gasteiger partial charge >= 0.3 is 0 Å². The van der Waals surface area contributed by atoms with Crippen LogP contribution in [0.3, 0.4) is 0 Å². The maximum absolute atomic E-state index is 12.0. The minimum atomic E-state index is -0.0973. The molecule has 3 nitrogen and oxygen atoms in total. The molecule has 100 valence electrons. The number of amidine groups is 1. The molecule has 1 aliphatic rings. The van der Waals surface area contributed by atoms with E-state index in [2.05, 4.69) is 10.3 Å². The third-order valence-electron chi connectivity index (χ3n) is 3.03. The van der Waals surface area contributed by atoms with Gasteiger partial charge in [-0.3, -0.25) is 4.79 Å². The fourth-order valence-corrected chi connectivity index (χ4v) is 3.07. The molecular formula is C16H14N2OS. The summed E-state index contributed by atoms with van der Waals surface area (Å²) in [5.74, 6) is 0.0357. The summed E-state index contributed by atoms with van der Waals surface area (Å²) in [5, 5.41) is 3.43. The molecule has 1 heterocycles. The van der Waals surface area contributed by atoms with E-state index in [0.29, 0.717) is 5.17 Å². The van der Waals surface area contributed by atoms with Gasteiger partial charge in [0.25, 0.3) is 0 Å². The molecule has 1 atom stereocenters. The lowest BCUT2D eigenvalue weighted by Crippen LogP contribution is -2.25. The van der Waals surface area contributed by atoms with Crippen molar-refractivity contribution in [1.82, 2.24) is 5.32 Å². The number of carbonyl (C=O) groups excluding carboxylic acids is 1. The van der Waals surface area contributed by atoms with Crippen LogP contribution < -0.4 is 5.32 Å². The Bertz CT molecular complexity index is 625. The number of thioether (sulfide) groups is 1. The van der Waals surface area contributed by atoms with Gasteiger partial charge < -0.3 is 5.32 Å². The molecule has 20 heavy (non-hydrogen) atoms. The third-order valence-corrected chi connectivity index (χ3v) is 4.11. The SMILES string of the molecule is O=C1NC(=Nc2ccccc2)S[C@@H]1Cc1ccccc1. The summed E-state index contributed by atoms with van der Waals surface area (Å²) >= 11 is 1.50. The van der Waals surface area contributed by atoms with Gasteiger partial charge in [0, 0.05) is 0 Å². The molecule has 1 N–H and O–H groups in total. The first-order valence-corrected chi connectivity index (χ1v) is 7.34. The van der Waals surface area contributed by atoms with E-state index < -0.39 is 0 Å². The van der Waals surface area contributed by atoms with Gasteiger partial charge in [-0.25, -0.2) is 4.99 Å².